The Morgan fingerprint density at radius 2 is 1.26 bits per heavy atom. The first-order chi connectivity index (χ1) is 8.38. The summed E-state index contributed by atoms with van der Waals surface area (Å²) >= 11 is 0. The van der Waals surface area contributed by atoms with Gasteiger partial charge in [-0.05, 0) is 12.8 Å². The Bertz CT molecular complexity index is 186. The van der Waals surface area contributed by atoms with Crippen molar-refractivity contribution >= 4 is 0 Å². The summed E-state index contributed by atoms with van der Waals surface area (Å²) in [4.78, 5) is 0. The molecule has 0 aliphatic heterocycles. The minimum Gasteiger partial charge on any atom is -0.853 e. The van der Waals surface area contributed by atoms with Gasteiger partial charge in [-0.1, -0.05) is 12.8 Å². The minimum absolute atomic E-state index is 0. The standard InChI is InChI=1S/C12H22O5.2K/c13-5-7-15-9-10-17-12-4-2-1-3-11(12)16-8-6-14;;/h11-12H,1-10H2;;/q-2;2*+1. The molecule has 19 heavy (non-hydrogen) atoms. The van der Waals surface area contributed by atoms with E-state index in [9.17, 15) is 10.2 Å². The second-order valence-corrected chi connectivity index (χ2v) is 4.12. The second kappa shape index (κ2) is 17.4. The summed E-state index contributed by atoms with van der Waals surface area (Å²) in [5.41, 5.74) is 0. The molecule has 5 nitrogen and oxygen atoms in total. The van der Waals surface area contributed by atoms with Gasteiger partial charge in [0.05, 0.1) is 25.4 Å². The van der Waals surface area contributed by atoms with E-state index in [2.05, 4.69) is 0 Å². The molecule has 0 amide bonds. The first-order valence-corrected chi connectivity index (χ1v) is 6.35. The zero-order valence-corrected chi connectivity index (χ0v) is 18.5. The molecular formula is C12H22K2O5. The molecule has 1 saturated carbocycles. The summed E-state index contributed by atoms with van der Waals surface area (Å²) in [5, 5.41) is 20.5. The van der Waals surface area contributed by atoms with E-state index in [1.165, 1.54) is 0 Å². The van der Waals surface area contributed by atoms with Gasteiger partial charge in [-0.2, -0.15) is 0 Å². The van der Waals surface area contributed by atoms with E-state index >= 15 is 0 Å². The van der Waals surface area contributed by atoms with Gasteiger partial charge < -0.3 is 24.4 Å². The van der Waals surface area contributed by atoms with E-state index in [1.807, 2.05) is 0 Å². The van der Waals surface area contributed by atoms with E-state index in [-0.39, 0.29) is 141 Å². The van der Waals surface area contributed by atoms with E-state index in [0.717, 1.165) is 25.7 Å². The first-order valence-electron chi connectivity index (χ1n) is 6.35. The Hall–Kier alpha value is 3.07. The second-order valence-electron chi connectivity index (χ2n) is 4.12. The Balaban J connectivity index is 0. The Kier molecular flexibility index (Phi) is 22.3. The van der Waals surface area contributed by atoms with Crippen LogP contribution in [0, 0.1) is 0 Å². The smallest absolute Gasteiger partial charge is 0.853 e. The quantitative estimate of drug-likeness (QED) is 0.311. The summed E-state index contributed by atoms with van der Waals surface area (Å²) in [6.07, 6.45) is 4.35. The van der Waals surface area contributed by atoms with Crippen molar-refractivity contribution in [2.75, 3.05) is 39.6 Å². The van der Waals surface area contributed by atoms with Crippen LogP contribution in [0.2, 0.25) is 0 Å². The van der Waals surface area contributed by atoms with Gasteiger partial charge in [0.2, 0.25) is 0 Å². The number of hydrogen-bond donors (Lipinski definition) is 0. The normalized spacial score (nSPS) is 22.4. The largest absolute Gasteiger partial charge is 1.00 e. The number of rotatable bonds is 9. The molecule has 0 aromatic heterocycles. The Morgan fingerprint density at radius 1 is 0.737 bits per heavy atom. The van der Waals surface area contributed by atoms with Crippen molar-refractivity contribution in [3.8, 4) is 0 Å². The molecule has 1 aliphatic carbocycles. The molecule has 1 fully saturated rings. The van der Waals surface area contributed by atoms with Crippen LogP contribution in [-0.2, 0) is 14.2 Å². The van der Waals surface area contributed by atoms with Crippen LogP contribution in [0.1, 0.15) is 25.7 Å². The predicted octanol–water partition coefficient (Wildman–Crippen LogP) is -6.92. The van der Waals surface area contributed by atoms with Gasteiger partial charge >= 0.3 is 103 Å². The molecular weight excluding hydrogens is 302 g/mol. The van der Waals surface area contributed by atoms with Crippen LogP contribution in [-0.4, -0.2) is 51.8 Å². The molecule has 102 valence electrons. The molecule has 1 rings (SSSR count). The fourth-order valence-corrected chi connectivity index (χ4v) is 2.06. The third-order valence-electron chi connectivity index (χ3n) is 2.84. The number of hydrogen-bond acceptors (Lipinski definition) is 5. The van der Waals surface area contributed by atoms with Gasteiger partial charge in [-0.3, -0.25) is 0 Å². The topological polar surface area (TPSA) is 73.8 Å². The third-order valence-corrected chi connectivity index (χ3v) is 2.84. The van der Waals surface area contributed by atoms with Crippen molar-refractivity contribution in [2.24, 2.45) is 0 Å². The van der Waals surface area contributed by atoms with Crippen molar-refractivity contribution in [3.05, 3.63) is 0 Å². The average molecular weight is 324 g/mol. The molecule has 0 spiro atoms. The fourth-order valence-electron chi connectivity index (χ4n) is 2.06. The monoisotopic (exact) mass is 324 g/mol. The molecule has 0 radical (unpaired) electrons. The average Bonchev–Trinajstić information content (AvgIpc) is 2.37. The van der Waals surface area contributed by atoms with Gasteiger partial charge in [0.15, 0.2) is 0 Å². The maximum atomic E-state index is 10.4. The van der Waals surface area contributed by atoms with Crippen LogP contribution >= 0.6 is 0 Å². The van der Waals surface area contributed by atoms with Crippen LogP contribution in [0.4, 0.5) is 0 Å². The van der Waals surface area contributed by atoms with Gasteiger partial charge in [0, 0.05) is 13.2 Å². The number of ether oxygens (including phenoxy) is 3. The molecule has 2 atom stereocenters. The van der Waals surface area contributed by atoms with Crippen LogP contribution in [0.25, 0.3) is 0 Å². The van der Waals surface area contributed by atoms with Gasteiger partial charge in [0.25, 0.3) is 0 Å². The van der Waals surface area contributed by atoms with Crippen molar-refractivity contribution in [1.29, 1.82) is 0 Å². The van der Waals surface area contributed by atoms with Gasteiger partial charge in [-0.25, -0.2) is 0 Å². The maximum Gasteiger partial charge on any atom is 1.00 e. The van der Waals surface area contributed by atoms with Crippen molar-refractivity contribution < 1.29 is 127 Å². The van der Waals surface area contributed by atoms with E-state index in [4.69, 9.17) is 14.2 Å². The van der Waals surface area contributed by atoms with Crippen molar-refractivity contribution in [1.82, 2.24) is 0 Å². The minimum atomic E-state index is -0.210. The SMILES string of the molecule is [K+].[K+].[O-]CCOCCOC1CCCCC1OCC[O-]. The molecule has 0 aromatic carbocycles. The summed E-state index contributed by atoms with van der Waals surface area (Å²) in [5.74, 6) is 0. The molecule has 0 saturated heterocycles. The summed E-state index contributed by atoms with van der Waals surface area (Å²) in [6, 6.07) is 0. The zero-order valence-electron chi connectivity index (χ0n) is 12.3. The predicted molar refractivity (Wildman–Crippen MR) is 58.5 cm³/mol. The molecule has 2 unspecified atom stereocenters. The molecule has 0 bridgehead atoms. The summed E-state index contributed by atoms with van der Waals surface area (Å²) in [6.45, 7) is 1.03. The van der Waals surface area contributed by atoms with Gasteiger partial charge in [-0.15, -0.1) is 13.2 Å². The van der Waals surface area contributed by atoms with Crippen LogP contribution < -0.4 is 113 Å². The van der Waals surface area contributed by atoms with E-state index in [1.54, 1.807) is 0 Å². The van der Waals surface area contributed by atoms with Gasteiger partial charge in [0.1, 0.15) is 0 Å². The van der Waals surface area contributed by atoms with Crippen LogP contribution in [0.5, 0.6) is 0 Å². The summed E-state index contributed by atoms with van der Waals surface area (Å²) < 4.78 is 16.2. The Morgan fingerprint density at radius 3 is 1.79 bits per heavy atom. The molecule has 0 heterocycles. The van der Waals surface area contributed by atoms with E-state index < -0.39 is 0 Å². The molecule has 7 heteroatoms. The molecule has 1 aliphatic rings. The van der Waals surface area contributed by atoms with Crippen molar-refractivity contribution in [3.63, 3.8) is 0 Å². The van der Waals surface area contributed by atoms with Crippen LogP contribution in [0.3, 0.4) is 0 Å². The maximum absolute atomic E-state index is 10.4. The Labute approximate surface area is 201 Å². The zero-order chi connectivity index (χ0) is 12.3. The summed E-state index contributed by atoms with van der Waals surface area (Å²) in [7, 11) is 0. The third kappa shape index (κ3) is 12.2. The molecule has 0 aromatic rings. The molecule has 0 N–H and O–H groups in total. The first kappa shape index (κ1) is 24.3. The fraction of sp³-hybridized carbons (Fsp3) is 1.00. The van der Waals surface area contributed by atoms with Crippen LogP contribution in [0.15, 0.2) is 0 Å². The van der Waals surface area contributed by atoms with Crippen molar-refractivity contribution in [2.45, 2.75) is 37.9 Å². The van der Waals surface area contributed by atoms with E-state index in [0.29, 0.717) is 13.2 Å².